The van der Waals surface area contributed by atoms with Crippen LogP contribution in [0.1, 0.15) is 5.56 Å². The monoisotopic (exact) mass is 315 g/mol. The van der Waals surface area contributed by atoms with Gasteiger partial charge in [0.25, 0.3) is 0 Å². The second kappa shape index (κ2) is 6.20. The molecule has 0 unspecified atom stereocenters. The lowest BCUT2D eigenvalue weighted by molar-refractivity contribution is -0.688. The summed E-state index contributed by atoms with van der Waals surface area (Å²) in [5.41, 5.74) is 4.80. The first-order chi connectivity index (χ1) is 11.8. The van der Waals surface area contributed by atoms with Crippen molar-refractivity contribution in [3.05, 3.63) is 84.8 Å². The van der Waals surface area contributed by atoms with E-state index in [4.69, 9.17) is 4.74 Å². The van der Waals surface area contributed by atoms with Gasteiger partial charge in [-0.1, -0.05) is 30.3 Å². The molecule has 0 spiro atoms. The number of pyridine rings is 1. The molecule has 24 heavy (non-hydrogen) atoms. The molecule has 4 rings (SSSR count). The third kappa shape index (κ3) is 2.76. The number of nitrogens with zero attached hydrogens (tertiary/aromatic N) is 1. The highest BCUT2D eigenvalue weighted by Gasteiger charge is 2.09. The van der Waals surface area contributed by atoms with E-state index in [9.17, 15) is 0 Å². The Kier molecular flexibility index (Phi) is 3.75. The summed E-state index contributed by atoms with van der Waals surface area (Å²) >= 11 is 0. The number of aromatic amines is 1. The molecule has 0 saturated heterocycles. The van der Waals surface area contributed by atoms with Crippen LogP contribution in [0, 0.1) is 0 Å². The number of hydrogen-bond acceptors (Lipinski definition) is 1. The van der Waals surface area contributed by atoms with E-state index in [1.807, 2.05) is 12.1 Å². The number of rotatable bonds is 4. The van der Waals surface area contributed by atoms with Gasteiger partial charge in [0.1, 0.15) is 5.75 Å². The van der Waals surface area contributed by atoms with E-state index in [-0.39, 0.29) is 0 Å². The second-order valence-electron chi connectivity index (χ2n) is 5.86. The van der Waals surface area contributed by atoms with Gasteiger partial charge < -0.3 is 9.72 Å². The predicted octanol–water partition coefficient (Wildman–Crippen LogP) is 4.18. The van der Waals surface area contributed by atoms with Gasteiger partial charge in [0, 0.05) is 40.4 Å². The summed E-state index contributed by atoms with van der Waals surface area (Å²) in [4.78, 5) is 3.33. The molecule has 2 heterocycles. The first-order valence-electron chi connectivity index (χ1n) is 8.02. The van der Waals surface area contributed by atoms with Crippen LogP contribution in [-0.2, 0) is 6.54 Å². The summed E-state index contributed by atoms with van der Waals surface area (Å²) in [7, 11) is 1.70. The molecule has 2 aromatic carbocycles. The fourth-order valence-corrected chi connectivity index (χ4v) is 3.00. The zero-order valence-corrected chi connectivity index (χ0v) is 13.6. The Bertz CT molecular complexity index is 956. The maximum absolute atomic E-state index is 5.35. The van der Waals surface area contributed by atoms with E-state index in [0.717, 1.165) is 17.8 Å². The Balaban J connectivity index is 1.65. The second-order valence-corrected chi connectivity index (χ2v) is 5.86. The lowest BCUT2D eigenvalue weighted by Crippen LogP contribution is -2.32. The highest BCUT2D eigenvalue weighted by molar-refractivity contribution is 5.96. The Hall–Kier alpha value is -3.07. The van der Waals surface area contributed by atoms with Gasteiger partial charge in [-0.3, -0.25) is 0 Å². The van der Waals surface area contributed by atoms with E-state index < -0.39 is 0 Å². The first kappa shape index (κ1) is 14.5. The predicted molar refractivity (Wildman–Crippen MR) is 96.0 cm³/mol. The molecule has 3 heteroatoms. The summed E-state index contributed by atoms with van der Waals surface area (Å²) in [5.74, 6) is 0.874. The van der Waals surface area contributed by atoms with Crippen molar-refractivity contribution >= 4 is 10.9 Å². The lowest BCUT2D eigenvalue weighted by Gasteiger charge is -2.02. The van der Waals surface area contributed by atoms with E-state index in [0.29, 0.717) is 0 Å². The van der Waals surface area contributed by atoms with E-state index in [1.54, 1.807) is 7.11 Å². The van der Waals surface area contributed by atoms with Gasteiger partial charge in [0.05, 0.1) is 7.11 Å². The number of aromatic nitrogens is 2. The fourth-order valence-electron chi connectivity index (χ4n) is 3.00. The molecule has 0 atom stereocenters. The molecule has 4 aromatic rings. The summed E-state index contributed by atoms with van der Waals surface area (Å²) in [5, 5.41) is 1.18. The first-order valence-corrected chi connectivity index (χ1v) is 8.02. The van der Waals surface area contributed by atoms with Crippen molar-refractivity contribution in [1.82, 2.24) is 4.98 Å². The lowest BCUT2D eigenvalue weighted by atomic mass is 10.1. The van der Waals surface area contributed by atoms with Crippen molar-refractivity contribution in [3.8, 4) is 16.9 Å². The van der Waals surface area contributed by atoms with E-state index in [2.05, 4.69) is 76.7 Å². The third-order valence-electron chi connectivity index (χ3n) is 4.30. The molecule has 0 aliphatic heterocycles. The molecule has 3 nitrogen and oxygen atoms in total. The Morgan fingerprint density at radius 3 is 2.50 bits per heavy atom. The minimum atomic E-state index is 0.874. The number of nitrogens with one attached hydrogen (secondary N) is 1. The number of H-pyrrole nitrogens is 1. The van der Waals surface area contributed by atoms with Crippen molar-refractivity contribution in [1.29, 1.82) is 0 Å². The fraction of sp³-hybridized carbons (Fsp3) is 0.0952. The van der Waals surface area contributed by atoms with Crippen LogP contribution < -0.4 is 9.30 Å². The Morgan fingerprint density at radius 2 is 1.75 bits per heavy atom. The molecular weight excluding hydrogens is 296 g/mol. The van der Waals surface area contributed by atoms with Gasteiger partial charge in [-0.25, -0.2) is 4.57 Å². The molecule has 0 bridgehead atoms. The minimum absolute atomic E-state index is 0.874. The summed E-state index contributed by atoms with van der Waals surface area (Å²) < 4.78 is 7.54. The highest BCUT2D eigenvalue weighted by Crippen LogP contribution is 2.30. The molecule has 0 radical (unpaired) electrons. The van der Waals surface area contributed by atoms with Crippen LogP contribution in [0.4, 0.5) is 0 Å². The van der Waals surface area contributed by atoms with Crippen molar-refractivity contribution < 1.29 is 9.30 Å². The molecule has 0 aliphatic carbocycles. The van der Waals surface area contributed by atoms with E-state index in [1.165, 1.54) is 22.1 Å². The number of benzene rings is 2. The van der Waals surface area contributed by atoms with Crippen molar-refractivity contribution in [3.63, 3.8) is 0 Å². The maximum Gasteiger partial charge on any atom is 0.173 e. The van der Waals surface area contributed by atoms with Gasteiger partial charge in [0.15, 0.2) is 18.9 Å². The molecular formula is C21H19N2O+. The van der Waals surface area contributed by atoms with Crippen LogP contribution in [0.3, 0.4) is 0 Å². The van der Waals surface area contributed by atoms with Crippen molar-refractivity contribution in [2.75, 3.05) is 7.11 Å². The zero-order valence-electron chi connectivity index (χ0n) is 13.6. The Labute approximate surface area is 141 Å². The van der Waals surface area contributed by atoms with E-state index >= 15 is 0 Å². The standard InChI is InChI=1S/C21H18N2O/c1-24-18-7-8-21-19(13-18)20(14-22-21)17-9-11-23(12-10-17)15-16-5-3-2-4-6-16/h2-14H,15H2,1H3/p+1. The van der Waals surface area contributed by atoms with Crippen LogP contribution in [0.15, 0.2) is 79.3 Å². The molecule has 0 saturated carbocycles. The van der Waals surface area contributed by atoms with Crippen molar-refractivity contribution in [2.24, 2.45) is 0 Å². The van der Waals surface area contributed by atoms with Gasteiger partial charge in [-0.2, -0.15) is 0 Å². The van der Waals surface area contributed by atoms with Crippen LogP contribution in [0.25, 0.3) is 22.0 Å². The average molecular weight is 315 g/mol. The largest absolute Gasteiger partial charge is 0.497 e. The van der Waals surface area contributed by atoms with Crippen molar-refractivity contribution in [2.45, 2.75) is 6.54 Å². The molecule has 0 fully saturated rings. The topological polar surface area (TPSA) is 28.9 Å². The van der Waals surface area contributed by atoms with Crippen LogP contribution in [-0.4, -0.2) is 12.1 Å². The molecule has 118 valence electrons. The molecule has 1 N–H and O–H groups in total. The Morgan fingerprint density at radius 1 is 0.958 bits per heavy atom. The van der Waals surface area contributed by atoms with Crippen LogP contribution >= 0.6 is 0 Å². The van der Waals surface area contributed by atoms with Gasteiger partial charge in [0.2, 0.25) is 0 Å². The SMILES string of the molecule is COc1ccc2[nH]cc(-c3cc[n+](Cc4ccccc4)cc3)c2c1. The highest BCUT2D eigenvalue weighted by atomic mass is 16.5. The van der Waals surface area contributed by atoms with Gasteiger partial charge in [-0.15, -0.1) is 0 Å². The third-order valence-corrected chi connectivity index (χ3v) is 4.30. The molecule has 0 amide bonds. The number of fused-ring (bicyclic) bond motifs is 1. The van der Waals surface area contributed by atoms with Gasteiger partial charge >= 0.3 is 0 Å². The van der Waals surface area contributed by atoms with Gasteiger partial charge in [-0.05, 0) is 23.8 Å². The summed E-state index contributed by atoms with van der Waals surface area (Å²) in [6, 6.07) is 20.9. The summed E-state index contributed by atoms with van der Waals surface area (Å²) in [6.07, 6.45) is 6.31. The number of ether oxygens (including phenoxy) is 1. The average Bonchev–Trinajstić information content (AvgIpc) is 3.06. The maximum atomic E-state index is 5.35. The van der Waals surface area contributed by atoms with Crippen LogP contribution in [0.5, 0.6) is 5.75 Å². The number of methoxy groups -OCH3 is 1. The molecule has 0 aliphatic rings. The smallest absolute Gasteiger partial charge is 0.173 e. The quantitative estimate of drug-likeness (QED) is 0.562. The number of hydrogen-bond donors (Lipinski definition) is 1. The summed E-state index contributed by atoms with van der Waals surface area (Å²) in [6.45, 7) is 0.878. The van der Waals surface area contributed by atoms with Crippen LogP contribution in [0.2, 0.25) is 0 Å². The normalized spacial score (nSPS) is 10.9. The zero-order chi connectivity index (χ0) is 16.4. The minimum Gasteiger partial charge on any atom is -0.497 e. The molecule has 2 aromatic heterocycles.